The summed E-state index contributed by atoms with van der Waals surface area (Å²) in [5, 5.41) is 0. The minimum Gasteiger partial charge on any atom is -0.494 e. The highest BCUT2D eigenvalue weighted by Crippen LogP contribution is 2.07. The molecule has 1 rings (SSSR count). The highest BCUT2D eigenvalue weighted by Gasteiger charge is 2.00. The van der Waals surface area contributed by atoms with Crippen LogP contribution in [0.25, 0.3) is 0 Å². The number of ether oxygens (including phenoxy) is 2. The molecule has 2 nitrogen and oxygen atoms in total. The maximum Gasteiger partial charge on any atom is 0.266 e. The summed E-state index contributed by atoms with van der Waals surface area (Å²) in [5.74, 6) is 0.653. The standard InChI is InChI=1S/C7H8O2/c1-2-9-7-4-3-5-8-6-7/h3-5H,2H2,1H3. The molecule has 0 amide bonds. The molecule has 0 aromatic rings. The second kappa shape index (κ2) is 3.17. The van der Waals surface area contributed by atoms with Gasteiger partial charge in [-0.05, 0) is 19.1 Å². The summed E-state index contributed by atoms with van der Waals surface area (Å²) in [6.07, 6.45) is 5.11. The first-order chi connectivity index (χ1) is 4.43. The molecular weight excluding hydrogens is 116 g/mol. The summed E-state index contributed by atoms with van der Waals surface area (Å²) in [6, 6.07) is 0. The summed E-state index contributed by atoms with van der Waals surface area (Å²) < 4.78 is 9.77. The van der Waals surface area contributed by atoms with Crippen molar-refractivity contribution in [2.45, 2.75) is 6.92 Å². The van der Waals surface area contributed by atoms with Gasteiger partial charge in [0.2, 0.25) is 0 Å². The van der Waals surface area contributed by atoms with Gasteiger partial charge < -0.3 is 9.47 Å². The third-order valence-electron chi connectivity index (χ3n) is 0.854. The van der Waals surface area contributed by atoms with Gasteiger partial charge in [0.05, 0.1) is 12.9 Å². The van der Waals surface area contributed by atoms with Crippen LogP contribution < -0.4 is 0 Å². The Morgan fingerprint density at radius 1 is 1.78 bits per heavy atom. The van der Waals surface area contributed by atoms with Crippen molar-refractivity contribution in [2.75, 3.05) is 6.61 Å². The van der Waals surface area contributed by atoms with Crippen molar-refractivity contribution in [2.24, 2.45) is 0 Å². The topological polar surface area (TPSA) is 18.5 Å². The first-order valence-corrected chi connectivity index (χ1v) is 2.85. The molecule has 48 valence electrons. The lowest BCUT2D eigenvalue weighted by molar-refractivity contribution is 0.192. The van der Waals surface area contributed by atoms with E-state index in [1.807, 2.05) is 6.92 Å². The fourth-order valence-electron chi connectivity index (χ4n) is 0.525. The Kier molecular flexibility index (Phi) is 2.19. The number of allylic oxidation sites excluding steroid dienone is 2. The molecule has 9 heavy (non-hydrogen) atoms. The summed E-state index contributed by atoms with van der Waals surface area (Å²) in [5.41, 5.74) is 0. The summed E-state index contributed by atoms with van der Waals surface area (Å²) in [6.45, 7) is 5.14. The average molecular weight is 124 g/mol. The maximum atomic E-state index is 5.06. The molecule has 0 aliphatic carbocycles. The Hall–Kier alpha value is -0.920. The Labute approximate surface area is 54.8 Å². The molecule has 0 fully saturated rings. The molecule has 0 aromatic heterocycles. The van der Waals surface area contributed by atoms with Gasteiger partial charge in [0.25, 0.3) is 6.61 Å². The smallest absolute Gasteiger partial charge is 0.266 e. The molecule has 0 N–H and O–H groups in total. The van der Waals surface area contributed by atoms with Gasteiger partial charge in [-0.25, -0.2) is 0 Å². The van der Waals surface area contributed by atoms with E-state index in [0.717, 1.165) is 0 Å². The van der Waals surface area contributed by atoms with Crippen LogP contribution in [-0.4, -0.2) is 6.61 Å². The van der Waals surface area contributed by atoms with Gasteiger partial charge in [0, 0.05) is 0 Å². The van der Waals surface area contributed by atoms with E-state index in [4.69, 9.17) is 9.47 Å². The maximum absolute atomic E-state index is 5.06. The van der Waals surface area contributed by atoms with Gasteiger partial charge in [-0.2, -0.15) is 0 Å². The van der Waals surface area contributed by atoms with E-state index in [1.54, 1.807) is 18.4 Å². The van der Waals surface area contributed by atoms with Crippen molar-refractivity contribution in [3.8, 4) is 0 Å². The van der Waals surface area contributed by atoms with Crippen LogP contribution in [0.15, 0.2) is 24.2 Å². The molecule has 0 spiro atoms. The molecule has 0 bridgehead atoms. The van der Waals surface area contributed by atoms with Crippen LogP contribution in [0.4, 0.5) is 0 Å². The Morgan fingerprint density at radius 3 is 3.22 bits per heavy atom. The van der Waals surface area contributed by atoms with E-state index in [0.29, 0.717) is 12.4 Å². The van der Waals surface area contributed by atoms with Gasteiger partial charge in [0.15, 0.2) is 0 Å². The minimum atomic E-state index is 0.649. The number of hydrogen-bond donors (Lipinski definition) is 0. The van der Waals surface area contributed by atoms with Crippen LogP contribution in [0, 0.1) is 6.61 Å². The second-order valence-corrected chi connectivity index (χ2v) is 1.51. The third-order valence-corrected chi connectivity index (χ3v) is 0.854. The number of rotatable bonds is 2. The quantitative estimate of drug-likeness (QED) is 0.555. The Morgan fingerprint density at radius 2 is 2.67 bits per heavy atom. The van der Waals surface area contributed by atoms with Crippen LogP contribution in [0.3, 0.4) is 0 Å². The van der Waals surface area contributed by atoms with Crippen LogP contribution >= 0.6 is 0 Å². The third kappa shape index (κ3) is 1.80. The monoisotopic (exact) mass is 124 g/mol. The largest absolute Gasteiger partial charge is 0.494 e. The van der Waals surface area contributed by atoms with Gasteiger partial charge in [-0.3, -0.25) is 0 Å². The lowest BCUT2D eigenvalue weighted by Crippen LogP contribution is -1.95. The number of hydrogen-bond acceptors (Lipinski definition) is 2. The van der Waals surface area contributed by atoms with E-state index < -0.39 is 0 Å². The Bertz CT molecular complexity index is 136. The molecule has 0 atom stereocenters. The first-order valence-electron chi connectivity index (χ1n) is 2.85. The summed E-state index contributed by atoms with van der Waals surface area (Å²) in [4.78, 5) is 0. The van der Waals surface area contributed by atoms with Crippen molar-refractivity contribution in [3.63, 3.8) is 0 Å². The van der Waals surface area contributed by atoms with E-state index in [2.05, 4.69) is 6.61 Å². The summed E-state index contributed by atoms with van der Waals surface area (Å²) in [7, 11) is 0. The molecule has 1 aliphatic heterocycles. The van der Waals surface area contributed by atoms with E-state index in [9.17, 15) is 0 Å². The Balaban J connectivity index is 2.38. The molecule has 0 saturated carbocycles. The normalized spacial score (nSPS) is 16.3. The zero-order valence-corrected chi connectivity index (χ0v) is 5.26. The van der Waals surface area contributed by atoms with Crippen LogP contribution in [0.1, 0.15) is 6.92 Å². The van der Waals surface area contributed by atoms with Crippen molar-refractivity contribution < 1.29 is 9.47 Å². The van der Waals surface area contributed by atoms with E-state index in [-0.39, 0.29) is 0 Å². The zero-order valence-electron chi connectivity index (χ0n) is 5.26. The lowest BCUT2D eigenvalue weighted by atomic mass is 10.4. The highest BCUT2D eigenvalue weighted by atomic mass is 16.5. The van der Waals surface area contributed by atoms with Crippen LogP contribution in [0.2, 0.25) is 0 Å². The molecule has 2 heteroatoms. The second-order valence-electron chi connectivity index (χ2n) is 1.51. The van der Waals surface area contributed by atoms with Crippen molar-refractivity contribution >= 4 is 0 Å². The van der Waals surface area contributed by atoms with Gasteiger partial charge >= 0.3 is 0 Å². The molecular formula is C7H8O2. The van der Waals surface area contributed by atoms with Crippen LogP contribution in [-0.2, 0) is 9.47 Å². The molecule has 2 radical (unpaired) electrons. The highest BCUT2D eigenvalue weighted by molar-refractivity contribution is 5.14. The fourth-order valence-corrected chi connectivity index (χ4v) is 0.525. The van der Waals surface area contributed by atoms with Gasteiger partial charge in [-0.1, -0.05) is 0 Å². The first kappa shape index (κ1) is 6.20. The van der Waals surface area contributed by atoms with E-state index in [1.165, 1.54) is 0 Å². The molecule has 1 aliphatic rings. The van der Waals surface area contributed by atoms with E-state index >= 15 is 0 Å². The molecule has 1 heterocycles. The fraction of sp³-hybridized carbons (Fsp3) is 0.286. The predicted molar refractivity (Wildman–Crippen MR) is 33.2 cm³/mol. The van der Waals surface area contributed by atoms with Gasteiger partial charge in [0.1, 0.15) is 5.76 Å². The molecule has 0 saturated heterocycles. The van der Waals surface area contributed by atoms with Crippen molar-refractivity contribution in [1.29, 1.82) is 0 Å². The van der Waals surface area contributed by atoms with Crippen molar-refractivity contribution in [1.82, 2.24) is 0 Å². The molecule has 0 unspecified atom stereocenters. The minimum absolute atomic E-state index is 0.649. The lowest BCUT2D eigenvalue weighted by Gasteiger charge is -2.07. The van der Waals surface area contributed by atoms with Gasteiger partial charge in [-0.15, -0.1) is 0 Å². The zero-order chi connectivity index (χ0) is 6.53. The molecule has 0 aromatic carbocycles. The summed E-state index contributed by atoms with van der Waals surface area (Å²) >= 11 is 0. The van der Waals surface area contributed by atoms with Crippen molar-refractivity contribution in [3.05, 3.63) is 30.8 Å². The SMILES string of the molecule is CCOC1=CC=CO[C]1. The predicted octanol–water partition coefficient (Wildman–Crippen LogP) is 1.49. The van der Waals surface area contributed by atoms with Crippen LogP contribution in [0.5, 0.6) is 0 Å². The average Bonchev–Trinajstić information content (AvgIpc) is 1.91.